The first kappa shape index (κ1) is 10.8. The van der Waals surface area contributed by atoms with Gasteiger partial charge in [-0.05, 0) is 50.1 Å². The van der Waals surface area contributed by atoms with Gasteiger partial charge in [-0.2, -0.15) is 0 Å². The Hall–Kier alpha value is -0.730. The molecule has 0 bridgehead atoms. The molecule has 3 heteroatoms. The van der Waals surface area contributed by atoms with Crippen LogP contribution in [-0.4, -0.2) is 19.7 Å². The smallest absolute Gasteiger partial charge is 0.122 e. The molecule has 82 valence electrons. The van der Waals surface area contributed by atoms with Gasteiger partial charge in [0.2, 0.25) is 0 Å². The number of likely N-dealkylation sites (N-methyl/N-ethyl adjacent to an activating group) is 1. The lowest BCUT2D eigenvalue weighted by atomic mass is 10.0. The van der Waals surface area contributed by atoms with Crippen LogP contribution in [0.3, 0.4) is 0 Å². The molecule has 2 rings (SSSR count). The molecule has 1 N–H and O–H groups in total. The standard InChI is InChI=1S/C12H16ClNO/c1-14-12(5-6-12)8-9-7-10(13)3-4-11(9)15-2/h3-4,7,14H,5-6,8H2,1-2H3. The van der Waals surface area contributed by atoms with E-state index in [1.165, 1.54) is 18.4 Å². The Morgan fingerprint density at radius 3 is 2.73 bits per heavy atom. The van der Waals surface area contributed by atoms with E-state index in [0.717, 1.165) is 17.2 Å². The van der Waals surface area contributed by atoms with Crippen LogP contribution in [0.4, 0.5) is 0 Å². The van der Waals surface area contributed by atoms with Gasteiger partial charge in [0.15, 0.2) is 0 Å². The zero-order valence-corrected chi connectivity index (χ0v) is 9.90. The second-order valence-corrected chi connectivity index (χ2v) is 4.60. The quantitative estimate of drug-likeness (QED) is 0.851. The zero-order valence-electron chi connectivity index (χ0n) is 9.14. The first-order chi connectivity index (χ1) is 7.19. The molecule has 0 atom stereocenters. The first-order valence-electron chi connectivity index (χ1n) is 5.20. The minimum Gasteiger partial charge on any atom is -0.496 e. The molecule has 0 aliphatic heterocycles. The molecule has 1 aliphatic carbocycles. The summed E-state index contributed by atoms with van der Waals surface area (Å²) in [4.78, 5) is 0. The fourth-order valence-electron chi connectivity index (χ4n) is 1.92. The second-order valence-electron chi connectivity index (χ2n) is 4.16. The van der Waals surface area contributed by atoms with Crippen LogP contribution in [0.15, 0.2) is 18.2 Å². The Morgan fingerprint density at radius 1 is 1.47 bits per heavy atom. The van der Waals surface area contributed by atoms with Crippen molar-refractivity contribution in [2.45, 2.75) is 24.8 Å². The number of rotatable bonds is 4. The highest BCUT2D eigenvalue weighted by Crippen LogP contribution is 2.40. The molecule has 2 nitrogen and oxygen atoms in total. The van der Waals surface area contributed by atoms with Crippen molar-refractivity contribution in [1.29, 1.82) is 0 Å². The van der Waals surface area contributed by atoms with Gasteiger partial charge in [-0.1, -0.05) is 11.6 Å². The van der Waals surface area contributed by atoms with E-state index in [4.69, 9.17) is 16.3 Å². The summed E-state index contributed by atoms with van der Waals surface area (Å²) in [7, 11) is 3.72. The number of methoxy groups -OCH3 is 1. The Balaban J connectivity index is 2.22. The van der Waals surface area contributed by atoms with Gasteiger partial charge in [0.1, 0.15) is 5.75 Å². The molecule has 1 aromatic rings. The van der Waals surface area contributed by atoms with E-state index < -0.39 is 0 Å². The van der Waals surface area contributed by atoms with Gasteiger partial charge in [-0.15, -0.1) is 0 Å². The van der Waals surface area contributed by atoms with E-state index in [9.17, 15) is 0 Å². The Kier molecular flexibility index (Phi) is 2.89. The summed E-state index contributed by atoms with van der Waals surface area (Å²) in [5.41, 5.74) is 1.48. The van der Waals surface area contributed by atoms with Crippen molar-refractivity contribution in [3.63, 3.8) is 0 Å². The zero-order chi connectivity index (χ0) is 10.9. The van der Waals surface area contributed by atoms with Crippen molar-refractivity contribution in [2.24, 2.45) is 0 Å². The van der Waals surface area contributed by atoms with Crippen LogP contribution in [0.25, 0.3) is 0 Å². The third-order valence-corrected chi connectivity index (χ3v) is 3.39. The molecule has 0 aromatic heterocycles. The third kappa shape index (κ3) is 2.27. The van der Waals surface area contributed by atoms with Gasteiger partial charge < -0.3 is 10.1 Å². The Bertz CT molecular complexity index is 361. The molecule has 0 saturated heterocycles. The van der Waals surface area contributed by atoms with Crippen molar-refractivity contribution in [3.8, 4) is 5.75 Å². The van der Waals surface area contributed by atoms with E-state index in [-0.39, 0.29) is 5.54 Å². The molecule has 15 heavy (non-hydrogen) atoms. The lowest BCUT2D eigenvalue weighted by Crippen LogP contribution is -2.29. The van der Waals surface area contributed by atoms with E-state index in [0.29, 0.717) is 0 Å². The average molecular weight is 226 g/mol. The molecular weight excluding hydrogens is 210 g/mol. The average Bonchev–Trinajstić information content (AvgIpc) is 2.99. The van der Waals surface area contributed by atoms with Crippen molar-refractivity contribution >= 4 is 11.6 Å². The third-order valence-electron chi connectivity index (χ3n) is 3.16. The number of nitrogens with one attached hydrogen (secondary N) is 1. The van der Waals surface area contributed by atoms with Crippen LogP contribution >= 0.6 is 11.6 Å². The summed E-state index contributed by atoms with van der Waals surface area (Å²) < 4.78 is 5.33. The summed E-state index contributed by atoms with van der Waals surface area (Å²) >= 11 is 5.99. The summed E-state index contributed by atoms with van der Waals surface area (Å²) in [6, 6.07) is 5.80. The topological polar surface area (TPSA) is 21.3 Å². The maximum absolute atomic E-state index is 5.99. The predicted molar refractivity (Wildman–Crippen MR) is 62.7 cm³/mol. The van der Waals surface area contributed by atoms with Crippen LogP contribution in [-0.2, 0) is 6.42 Å². The van der Waals surface area contributed by atoms with E-state index in [2.05, 4.69) is 5.32 Å². The van der Waals surface area contributed by atoms with Crippen LogP contribution in [0.1, 0.15) is 18.4 Å². The van der Waals surface area contributed by atoms with Crippen LogP contribution in [0.2, 0.25) is 5.02 Å². The second kappa shape index (κ2) is 4.03. The van der Waals surface area contributed by atoms with Crippen molar-refractivity contribution in [1.82, 2.24) is 5.32 Å². The number of ether oxygens (including phenoxy) is 1. The molecule has 0 radical (unpaired) electrons. The van der Waals surface area contributed by atoms with Gasteiger partial charge in [0.25, 0.3) is 0 Å². The fourth-order valence-corrected chi connectivity index (χ4v) is 2.11. The summed E-state index contributed by atoms with van der Waals surface area (Å²) in [5.74, 6) is 0.931. The van der Waals surface area contributed by atoms with E-state index in [1.54, 1.807) is 7.11 Å². The van der Waals surface area contributed by atoms with Crippen LogP contribution in [0, 0.1) is 0 Å². The maximum Gasteiger partial charge on any atom is 0.122 e. The SMILES string of the molecule is CNC1(Cc2cc(Cl)ccc2OC)CC1. The monoisotopic (exact) mass is 225 g/mol. The normalized spacial score (nSPS) is 17.5. The lowest BCUT2D eigenvalue weighted by molar-refractivity contribution is 0.405. The molecule has 0 spiro atoms. The van der Waals surface area contributed by atoms with Gasteiger partial charge >= 0.3 is 0 Å². The lowest BCUT2D eigenvalue weighted by Gasteiger charge is -2.16. The molecule has 0 amide bonds. The van der Waals surface area contributed by atoms with Gasteiger partial charge in [-0.25, -0.2) is 0 Å². The molecule has 1 saturated carbocycles. The molecule has 1 aromatic carbocycles. The van der Waals surface area contributed by atoms with Gasteiger partial charge in [-0.3, -0.25) is 0 Å². The number of hydrogen-bond donors (Lipinski definition) is 1. The number of halogens is 1. The minimum atomic E-state index is 0.290. The highest BCUT2D eigenvalue weighted by Gasteiger charge is 2.41. The van der Waals surface area contributed by atoms with Crippen LogP contribution < -0.4 is 10.1 Å². The van der Waals surface area contributed by atoms with E-state index >= 15 is 0 Å². The summed E-state index contributed by atoms with van der Waals surface area (Å²) in [6.45, 7) is 0. The van der Waals surface area contributed by atoms with Crippen molar-refractivity contribution < 1.29 is 4.74 Å². The Labute approximate surface area is 95.6 Å². The summed E-state index contributed by atoms with van der Waals surface area (Å²) in [6.07, 6.45) is 3.46. The van der Waals surface area contributed by atoms with Gasteiger partial charge in [0, 0.05) is 10.6 Å². The van der Waals surface area contributed by atoms with Crippen molar-refractivity contribution in [3.05, 3.63) is 28.8 Å². The minimum absolute atomic E-state index is 0.290. The fraction of sp³-hybridized carbons (Fsp3) is 0.500. The largest absolute Gasteiger partial charge is 0.496 e. The van der Waals surface area contributed by atoms with E-state index in [1.807, 2.05) is 25.2 Å². The Morgan fingerprint density at radius 2 is 2.20 bits per heavy atom. The number of hydrogen-bond acceptors (Lipinski definition) is 2. The molecule has 0 unspecified atom stereocenters. The maximum atomic E-state index is 5.99. The summed E-state index contributed by atoms with van der Waals surface area (Å²) in [5, 5.41) is 4.15. The predicted octanol–water partition coefficient (Wildman–Crippen LogP) is 2.64. The first-order valence-corrected chi connectivity index (χ1v) is 5.58. The van der Waals surface area contributed by atoms with Crippen molar-refractivity contribution in [2.75, 3.05) is 14.2 Å². The highest BCUT2D eigenvalue weighted by atomic mass is 35.5. The number of benzene rings is 1. The molecule has 0 heterocycles. The molecule has 1 fully saturated rings. The van der Waals surface area contributed by atoms with Crippen LogP contribution in [0.5, 0.6) is 5.75 Å². The van der Waals surface area contributed by atoms with Gasteiger partial charge in [0.05, 0.1) is 7.11 Å². The molecular formula is C12H16ClNO. The molecule has 1 aliphatic rings. The highest BCUT2D eigenvalue weighted by molar-refractivity contribution is 6.30.